The van der Waals surface area contributed by atoms with Gasteiger partial charge in [-0.05, 0) is 57.7 Å². The summed E-state index contributed by atoms with van der Waals surface area (Å²) in [6.45, 7) is 12.1. The minimum absolute atomic E-state index is 0.148. The molecule has 0 bridgehead atoms. The smallest absolute Gasteiger partial charge is 0.256 e. The second-order valence-corrected chi connectivity index (χ2v) is 7.47. The maximum atomic E-state index is 12.6. The third-order valence-electron chi connectivity index (χ3n) is 5.28. The zero-order chi connectivity index (χ0) is 21.0. The number of benzene rings is 1. The summed E-state index contributed by atoms with van der Waals surface area (Å²) >= 11 is 0. The first-order valence-corrected chi connectivity index (χ1v) is 10.2. The van der Waals surface area contributed by atoms with Gasteiger partial charge in [0.15, 0.2) is 5.65 Å². The van der Waals surface area contributed by atoms with Gasteiger partial charge in [-0.1, -0.05) is 23.8 Å². The average Bonchev–Trinajstić information content (AvgIpc) is 3.11. The number of aromatic nitrogens is 3. The molecule has 1 amide bonds. The fraction of sp³-hybridized carbons (Fsp3) is 0.435. The number of amides is 1. The number of hydrogen-bond donors (Lipinski definition) is 1. The lowest BCUT2D eigenvalue weighted by Crippen LogP contribution is -2.25. The summed E-state index contributed by atoms with van der Waals surface area (Å²) in [4.78, 5) is 17.3. The molecule has 2 heterocycles. The lowest BCUT2D eigenvalue weighted by Gasteiger charge is -2.14. The normalized spacial score (nSPS) is 11.2. The molecule has 2 aromatic heterocycles. The van der Waals surface area contributed by atoms with Crippen molar-refractivity contribution in [3.8, 4) is 0 Å². The van der Waals surface area contributed by atoms with Crippen LogP contribution < -0.4 is 5.32 Å². The number of fused-ring (bicyclic) bond motifs is 1. The first-order valence-electron chi connectivity index (χ1n) is 10.2. The van der Waals surface area contributed by atoms with Crippen LogP contribution in [-0.2, 0) is 11.2 Å². The van der Waals surface area contributed by atoms with Gasteiger partial charge in [0, 0.05) is 37.6 Å². The lowest BCUT2D eigenvalue weighted by atomic mass is 9.97. The van der Waals surface area contributed by atoms with E-state index in [2.05, 4.69) is 42.5 Å². The number of rotatable bonds is 8. The highest BCUT2D eigenvalue weighted by Crippen LogP contribution is 2.22. The number of carbonyl (C=O) groups excluding carboxylic acids is 1. The molecule has 0 atom stereocenters. The van der Waals surface area contributed by atoms with Gasteiger partial charge in [0.05, 0.1) is 6.20 Å². The van der Waals surface area contributed by atoms with Crippen LogP contribution in [0.4, 0.5) is 0 Å². The minimum atomic E-state index is -0.148. The fourth-order valence-electron chi connectivity index (χ4n) is 3.52. The molecule has 0 saturated carbocycles. The molecule has 0 aliphatic carbocycles. The molecule has 3 rings (SSSR count). The van der Waals surface area contributed by atoms with Crippen molar-refractivity contribution in [2.45, 2.75) is 47.5 Å². The molecule has 0 aliphatic rings. The van der Waals surface area contributed by atoms with E-state index in [4.69, 9.17) is 9.72 Å². The number of nitrogens with zero attached hydrogens (tertiary/aromatic N) is 3. The van der Waals surface area contributed by atoms with E-state index in [0.717, 1.165) is 29.8 Å². The van der Waals surface area contributed by atoms with Crippen molar-refractivity contribution in [1.29, 1.82) is 0 Å². The molecule has 154 valence electrons. The van der Waals surface area contributed by atoms with Crippen LogP contribution in [0.3, 0.4) is 0 Å². The van der Waals surface area contributed by atoms with E-state index in [1.54, 1.807) is 10.7 Å². The molecule has 0 aliphatic heterocycles. The number of aryl methyl sites for hydroxylation is 4. The topological polar surface area (TPSA) is 68.5 Å². The Balaban J connectivity index is 1.85. The highest BCUT2D eigenvalue weighted by Gasteiger charge is 2.18. The van der Waals surface area contributed by atoms with Crippen LogP contribution in [0.5, 0.6) is 0 Å². The molecule has 1 aromatic carbocycles. The number of ether oxygens (including phenoxy) is 1. The fourth-order valence-corrected chi connectivity index (χ4v) is 3.52. The summed E-state index contributed by atoms with van der Waals surface area (Å²) < 4.78 is 7.09. The number of hydrogen-bond acceptors (Lipinski definition) is 4. The Labute approximate surface area is 172 Å². The third kappa shape index (κ3) is 4.65. The largest absolute Gasteiger partial charge is 0.382 e. The molecular formula is C23H30N4O2. The average molecular weight is 395 g/mol. The first-order chi connectivity index (χ1) is 13.9. The van der Waals surface area contributed by atoms with Gasteiger partial charge in [0.1, 0.15) is 5.56 Å². The molecule has 0 radical (unpaired) electrons. The van der Waals surface area contributed by atoms with Crippen LogP contribution in [0.25, 0.3) is 5.65 Å². The molecule has 29 heavy (non-hydrogen) atoms. The summed E-state index contributed by atoms with van der Waals surface area (Å²) in [6, 6.07) is 6.51. The summed E-state index contributed by atoms with van der Waals surface area (Å²) in [5, 5.41) is 7.38. The Bertz CT molecular complexity index is 1020. The monoisotopic (exact) mass is 394 g/mol. The highest BCUT2D eigenvalue weighted by atomic mass is 16.5. The summed E-state index contributed by atoms with van der Waals surface area (Å²) in [5.74, 6) is -0.148. The Morgan fingerprint density at radius 3 is 2.76 bits per heavy atom. The molecule has 3 aromatic rings. The second-order valence-electron chi connectivity index (χ2n) is 7.47. The van der Waals surface area contributed by atoms with Crippen LogP contribution in [0.15, 0.2) is 24.4 Å². The predicted octanol–water partition coefficient (Wildman–Crippen LogP) is 3.71. The van der Waals surface area contributed by atoms with Gasteiger partial charge >= 0.3 is 0 Å². The van der Waals surface area contributed by atoms with E-state index in [9.17, 15) is 4.79 Å². The van der Waals surface area contributed by atoms with Crippen molar-refractivity contribution in [2.24, 2.45) is 0 Å². The molecule has 0 unspecified atom stereocenters. The molecule has 6 nitrogen and oxygen atoms in total. The van der Waals surface area contributed by atoms with Gasteiger partial charge < -0.3 is 10.1 Å². The Hall–Kier alpha value is -2.73. The van der Waals surface area contributed by atoms with E-state index in [1.807, 2.05) is 20.8 Å². The van der Waals surface area contributed by atoms with E-state index in [-0.39, 0.29) is 5.91 Å². The zero-order valence-corrected chi connectivity index (χ0v) is 18.0. The quantitative estimate of drug-likeness (QED) is 0.592. The first kappa shape index (κ1) is 21.0. The summed E-state index contributed by atoms with van der Waals surface area (Å²) in [7, 11) is 0. The SMILES string of the molecule is CCOCCCNC(=O)c1cnn2c(C)c(Cc3cc(C)ccc3C)c(C)nc12. The second kappa shape index (κ2) is 9.18. The van der Waals surface area contributed by atoms with E-state index >= 15 is 0 Å². The third-order valence-corrected chi connectivity index (χ3v) is 5.28. The van der Waals surface area contributed by atoms with Gasteiger partial charge in [0.25, 0.3) is 5.91 Å². The van der Waals surface area contributed by atoms with Gasteiger partial charge in [-0.25, -0.2) is 9.50 Å². The predicted molar refractivity (Wildman–Crippen MR) is 115 cm³/mol. The van der Waals surface area contributed by atoms with Crippen LogP contribution >= 0.6 is 0 Å². The highest BCUT2D eigenvalue weighted by molar-refractivity contribution is 5.99. The van der Waals surface area contributed by atoms with E-state index in [1.165, 1.54) is 16.7 Å². The Kier molecular flexibility index (Phi) is 6.64. The zero-order valence-electron chi connectivity index (χ0n) is 18.0. The Morgan fingerprint density at radius 2 is 2.00 bits per heavy atom. The molecule has 0 fully saturated rings. The standard InChI is InChI=1S/C23H30N4O2/c1-6-29-11-7-10-24-23(28)21-14-25-27-18(5)20(17(4)26-22(21)27)13-19-12-15(2)8-9-16(19)3/h8-9,12,14H,6-7,10-11,13H2,1-5H3,(H,24,28). The molecule has 0 spiro atoms. The van der Waals surface area contributed by atoms with Crippen molar-refractivity contribution < 1.29 is 9.53 Å². The lowest BCUT2D eigenvalue weighted by molar-refractivity contribution is 0.0945. The van der Waals surface area contributed by atoms with Crippen molar-refractivity contribution in [1.82, 2.24) is 19.9 Å². The van der Waals surface area contributed by atoms with Crippen LogP contribution in [0, 0.1) is 27.7 Å². The molecular weight excluding hydrogens is 364 g/mol. The molecule has 6 heteroatoms. The van der Waals surface area contributed by atoms with Crippen molar-refractivity contribution >= 4 is 11.6 Å². The van der Waals surface area contributed by atoms with Gasteiger partial charge in [0.2, 0.25) is 0 Å². The minimum Gasteiger partial charge on any atom is -0.382 e. The van der Waals surface area contributed by atoms with Gasteiger partial charge in [-0.2, -0.15) is 5.10 Å². The molecule has 0 saturated heterocycles. The van der Waals surface area contributed by atoms with Gasteiger partial charge in [-0.3, -0.25) is 4.79 Å². The van der Waals surface area contributed by atoms with Gasteiger partial charge in [-0.15, -0.1) is 0 Å². The van der Waals surface area contributed by atoms with Crippen molar-refractivity contribution in [3.63, 3.8) is 0 Å². The Morgan fingerprint density at radius 1 is 1.21 bits per heavy atom. The molecule has 1 N–H and O–H groups in total. The van der Waals surface area contributed by atoms with Crippen LogP contribution in [0.2, 0.25) is 0 Å². The number of nitrogens with one attached hydrogen (secondary N) is 1. The summed E-state index contributed by atoms with van der Waals surface area (Å²) in [6.07, 6.45) is 3.19. The maximum absolute atomic E-state index is 12.6. The van der Waals surface area contributed by atoms with Crippen LogP contribution in [0.1, 0.15) is 57.3 Å². The van der Waals surface area contributed by atoms with E-state index in [0.29, 0.717) is 31.0 Å². The maximum Gasteiger partial charge on any atom is 0.256 e. The van der Waals surface area contributed by atoms with Crippen LogP contribution in [-0.4, -0.2) is 40.3 Å². The van der Waals surface area contributed by atoms with E-state index < -0.39 is 0 Å². The van der Waals surface area contributed by atoms with Crippen molar-refractivity contribution in [2.75, 3.05) is 19.8 Å². The van der Waals surface area contributed by atoms with Crippen molar-refractivity contribution in [3.05, 3.63) is 63.6 Å². The summed E-state index contributed by atoms with van der Waals surface area (Å²) in [5.41, 5.74) is 8.01. The number of carbonyl (C=O) groups is 1.